The maximum atomic E-state index is 12.3. The summed E-state index contributed by atoms with van der Waals surface area (Å²) in [6.45, 7) is 5.48. The zero-order chi connectivity index (χ0) is 28.4. The summed E-state index contributed by atoms with van der Waals surface area (Å²) in [6, 6.07) is 16.1. The van der Waals surface area contributed by atoms with Crippen LogP contribution < -0.4 is 9.47 Å². The van der Waals surface area contributed by atoms with E-state index in [0.717, 1.165) is 61.2 Å². The topological polar surface area (TPSA) is 96.1 Å². The quantitative estimate of drug-likeness (QED) is 0.202. The molecule has 2 saturated heterocycles. The third-order valence-electron chi connectivity index (χ3n) is 9.02. The molecule has 0 radical (unpaired) electrons. The van der Waals surface area contributed by atoms with E-state index in [1.54, 1.807) is 0 Å². The minimum absolute atomic E-state index is 0.0434. The van der Waals surface area contributed by atoms with Gasteiger partial charge in [0.05, 0.1) is 36.3 Å². The van der Waals surface area contributed by atoms with Crippen molar-refractivity contribution < 1.29 is 38.0 Å². The van der Waals surface area contributed by atoms with Crippen LogP contribution >= 0.6 is 0 Å². The highest BCUT2D eigenvalue weighted by Gasteiger charge is 2.47. The highest BCUT2D eigenvalue weighted by molar-refractivity contribution is 5.73. The molecule has 0 bridgehead atoms. The van der Waals surface area contributed by atoms with Crippen molar-refractivity contribution in [2.24, 2.45) is 11.8 Å². The number of ether oxygens (including phenoxy) is 6. The Hall–Kier alpha value is -3.10. The number of benzene rings is 2. The van der Waals surface area contributed by atoms with Gasteiger partial charge in [0.2, 0.25) is 0 Å². The smallest absolute Gasteiger partial charge is 0.309 e. The highest BCUT2D eigenvalue weighted by atomic mass is 16.6. The average molecular weight is 565 g/mol. The molecule has 4 aliphatic rings. The van der Waals surface area contributed by atoms with Gasteiger partial charge in [-0.3, -0.25) is 9.59 Å². The summed E-state index contributed by atoms with van der Waals surface area (Å²) in [5.74, 6) is 1.12. The Labute approximate surface area is 241 Å². The third kappa shape index (κ3) is 6.87. The van der Waals surface area contributed by atoms with E-state index >= 15 is 0 Å². The fourth-order valence-electron chi connectivity index (χ4n) is 6.18. The summed E-state index contributed by atoms with van der Waals surface area (Å²) < 4.78 is 33.5. The molecule has 0 spiro atoms. The lowest BCUT2D eigenvalue weighted by atomic mass is 9.78. The van der Waals surface area contributed by atoms with Gasteiger partial charge in [0, 0.05) is 5.41 Å². The number of hydrogen-bond acceptors (Lipinski definition) is 8. The van der Waals surface area contributed by atoms with Crippen molar-refractivity contribution in [2.45, 2.75) is 82.2 Å². The maximum Gasteiger partial charge on any atom is 0.309 e. The lowest BCUT2D eigenvalue weighted by Gasteiger charge is -2.26. The minimum atomic E-state index is -0.226. The Morgan fingerprint density at radius 3 is 1.44 bits per heavy atom. The predicted octanol–water partition coefficient (Wildman–Crippen LogP) is 4.99. The zero-order valence-corrected chi connectivity index (χ0v) is 23.9. The first-order chi connectivity index (χ1) is 19.9. The van der Waals surface area contributed by atoms with E-state index < -0.39 is 0 Å². The lowest BCUT2D eigenvalue weighted by molar-refractivity contribution is -0.151. The molecule has 8 heteroatoms. The van der Waals surface area contributed by atoms with Crippen LogP contribution in [-0.4, -0.2) is 62.8 Å². The van der Waals surface area contributed by atoms with Crippen LogP contribution in [0.1, 0.15) is 63.5 Å². The van der Waals surface area contributed by atoms with E-state index in [9.17, 15) is 9.59 Å². The van der Waals surface area contributed by atoms with Crippen LogP contribution in [0.4, 0.5) is 0 Å². The van der Waals surface area contributed by atoms with Crippen molar-refractivity contribution in [1.29, 1.82) is 0 Å². The predicted molar refractivity (Wildman–Crippen MR) is 150 cm³/mol. The second-order valence-electron chi connectivity index (χ2n) is 12.2. The largest absolute Gasteiger partial charge is 0.490 e. The molecule has 220 valence electrons. The number of rotatable bonds is 12. The summed E-state index contributed by atoms with van der Waals surface area (Å²) in [7, 11) is 0. The average Bonchev–Trinajstić information content (AvgIpc) is 3.92. The Kier molecular flexibility index (Phi) is 8.22. The van der Waals surface area contributed by atoms with Gasteiger partial charge in [-0.15, -0.1) is 0 Å². The van der Waals surface area contributed by atoms with Gasteiger partial charge in [-0.05, 0) is 73.9 Å². The number of hydrogen-bond donors (Lipinski definition) is 0. The summed E-state index contributed by atoms with van der Waals surface area (Å²) in [6.07, 6.45) is 6.47. The SMILES string of the molecule is CC(C)(c1ccc(OCCOC(=O)C2CCC3OC3C2)cc1)c1ccc(OCCOC(=O)C2CCC3OC3C2)cc1. The molecular formula is C33H40O8. The van der Waals surface area contributed by atoms with Crippen molar-refractivity contribution in [3.05, 3.63) is 59.7 Å². The molecule has 2 saturated carbocycles. The summed E-state index contributed by atoms with van der Waals surface area (Å²) in [5, 5.41) is 0. The van der Waals surface area contributed by atoms with Crippen LogP contribution in [0.2, 0.25) is 0 Å². The number of fused-ring (bicyclic) bond motifs is 2. The Balaban J connectivity index is 0.907. The van der Waals surface area contributed by atoms with Crippen molar-refractivity contribution in [3.63, 3.8) is 0 Å². The molecule has 4 fully saturated rings. The number of carbonyl (C=O) groups is 2. The molecule has 2 aromatic carbocycles. The van der Waals surface area contributed by atoms with E-state index in [2.05, 4.69) is 38.1 Å². The fraction of sp³-hybridized carbons (Fsp3) is 0.576. The molecule has 0 aromatic heterocycles. The molecule has 6 rings (SSSR count). The highest BCUT2D eigenvalue weighted by Crippen LogP contribution is 2.40. The van der Waals surface area contributed by atoms with Gasteiger partial charge >= 0.3 is 11.9 Å². The third-order valence-corrected chi connectivity index (χ3v) is 9.02. The van der Waals surface area contributed by atoms with E-state index in [0.29, 0.717) is 25.4 Å². The molecule has 41 heavy (non-hydrogen) atoms. The van der Waals surface area contributed by atoms with Gasteiger partial charge in [0.15, 0.2) is 0 Å². The second-order valence-corrected chi connectivity index (χ2v) is 12.2. The van der Waals surface area contributed by atoms with Gasteiger partial charge in [-0.1, -0.05) is 38.1 Å². The Bertz CT molecular complexity index is 1110. The zero-order valence-electron chi connectivity index (χ0n) is 23.9. The van der Waals surface area contributed by atoms with Crippen molar-refractivity contribution in [3.8, 4) is 11.5 Å². The monoisotopic (exact) mass is 564 g/mol. The number of carbonyl (C=O) groups excluding carboxylic acids is 2. The molecule has 2 aromatic rings. The van der Waals surface area contributed by atoms with Gasteiger partial charge in [0.25, 0.3) is 0 Å². The van der Waals surface area contributed by atoms with E-state index in [-0.39, 0.29) is 54.6 Å². The van der Waals surface area contributed by atoms with Crippen molar-refractivity contribution >= 4 is 11.9 Å². The number of esters is 2. The molecular weight excluding hydrogens is 524 g/mol. The first-order valence-corrected chi connectivity index (χ1v) is 15.0. The summed E-state index contributed by atoms with van der Waals surface area (Å²) in [5.41, 5.74) is 2.08. The molecule has 2 aliphatic carbocycles. The van der Waals surface area contributed by atoms with Crippen LogP contribution in [0.3, 0.4) is 0 Å². The molecule has 2 aliphatic heterocycles. The van der Waals surface area contributed by atoms with Crippen LogP contribution in [-0.2, 0) is 34.0 Å². The van der Waals surface area contributed by atoms with Gasteiger partial charge in [-0.25, -0.2) is 0 Å². The molecule has 8 nitrogen and oxygen atoms in total. The van der Waals surface area contributed by atoms with Crippen LogP contribution in [0.5, 0.6) is 11.5 Å². The van der Waals surface area contributed by atoms with Gasteiger partial charge in [0.1, 0.15) is 37.9 Å². The maximum absolute atomic E-state index is 12.3. The minimum Gasteiger partial charge on any atom is -0.490 e. The normalized spacial score (nSPS) is 28.0. The van der Waals surface area contributed by atoms with Crippen LogP contribution in [0, 0.1) is 11.8 Å². The second kappa shape index (κ2) is 12.0. The van der Waals surface area contributed by atoms with E-state index in [4.69, 9.17) is 28.4 Å². The molecule has 6 unspecified atom stereocenters. The molecule has 0 N–H and O–H groups in total. The molecule has 2 heterocycles. The van der Waals surface area contributed by atoms with Gasteiger partial charge < -0.3 is 28.4 Å². The first kappa shape index (κ1) is 28.0. The lowest BCUT2D eigenvalue weighted by Crippen LogP contribution is -2.25. The van der Waals surface area contributed by atoms with Gasteiger partial charge in [-0.2, -0.15) is 0 Å². The van der Waals surface area contributed by atoms with Crippen LogP contribution in [0.15, 0.2) is 48.5 Å². The Morgan fingerprint density at radius 1 is 0.634 bits per heavy atom. The summed E-state index contributed by atoms with van der Waals surface area (Å²) in [4.78, 5) is 24.6. The standard InChI is InChI=1S/C33H40O8/c1-33(2,23-5-9-25(10-6-23)36-15-17-38-31(34)21-3-13-27-29(19-21)40-27)24-7-11-26(12-8-24)37-16-18-39-32(35)22-4-14-28-30(20-22)41-28/h5-12,21-22,27-30H,3-4,13-20H2,1-2H3. The number of epoxide rings is 2. The Morgan fingerprint density at radius 2 is 1.05 bits per heavy atom. The van der Waals surface area contributed by atoms with Crippen molar-refractivity contribution in [2.75, 3.05) is 26.4 Å². The molecule has 6 atom stereocenters. The first-order valence-electron chi connectivity index (χ1n) is 15.0. The summed E-state index contributed by atoms with van der Waals surface area (Å²) >= 11 is 0. The van der Waals surface area contributed by atoms with Crippen molar-refractivity contribution in [1.82, 2.24) is 0 Å². The fourth-order valence-corrected chi connectivity index (χ4v) is 6.18. The van der Waals surface area contributed by atoms with E-state index in [1.165, 1.54) is 0 Å². The molecule has 0 amide bonds. The van der Waals surface area contributed by atoms with E-state index in [1.807, 2.05) is 24.3 Å². The van der Waals surface area contributed by atoms with Crippen LogP contribution in [0.25, 0.3) is 0 Å².